The van der Waals surface area contributed by atoms with E-state index < -0.39 is 22.7 Å². The molecule has 1 aliphatic carbocycles. The predicted octanol–water partition coefficient (Wildman–Crippen LogP) is 3.27. The number of halogens is 3. The lowest BCUT2D eigenvalue weighted by molar-refractivity contribution is -0.141. The van der Waals surface area contributed by atoms with Crippen molar-refractivity contribution in [1.29, 1.82) is 0 Å². The molecule has 2 aliphatic heterocycles. The molecule has 8 heteroatoms. The maximum atomic E-state index is 11.7. The topological polar surface area (TPSA) is 46.1 Å². The van der Waals surface area contributed by atoms with Crippen LogP contribution in [0.25, 0.3) is 0 Å². The monoisotopic (exact) mass is 375 g/mol. The van der Waals surface area contributed by atoms with Gasteiger partial charge in [-0.25, -0.2) is 9.97 Å². The molecule has 1 saturated carbocycles. The second kappa shape index (κ2) is 7.70. The van der Waals surface area contributed by atoms with Crippen LogP contribution in [-0.2, 0) is 17.0 Å². The first-order valence-electron chi connectivity index (χ1n) is 8.80. The highest BCUT2D eigenvalue weighted by Gasteiger charge is 2.48. The minimum absolute atomic E-state index is 0.468. The van der Waals surface area contributed by atoms with Gasteiger partial charge in [0.2, 0.25) is 0 Å². The van der Waals surface area contributed by atoms with Gasteiger partial charge in [0.05, 0.1) is 0 Å². The first kappa shape index (κ1) is 18.8. The Kier molecular flexibility index (Phi) is 5.78. The number of likely N-dealkylation sites (tertiary alicyclic amines) is 1. The molecule has 4 rings (SSSR count). The molecule has 1 spiro atoms. The summed E-state index contributed by atoms with van der Waals surface area (Å²) in [5, 5.41) is 0. The molecular weight excluding hydrogens is 351 g/mol. The molecule has 0 unspecified atom stereocenters. The van der Waals surface area contributed by atoms with Gasteiger partial charge in [0, 0.05) is 46.5 Å². The van der Waals surface area contributed by atoms with E-state index >= 15 is 0 Å². The maximum absolute atomic E-state index is 11.7. The van der Waals surface area contributed by atoms with E-state index in [1.807, 2.05) is 0 Å². The Hall–Kier alpha value is -1.02. The van der Waals surface area contributed by atoms with Crippen LogP contribution in [0, 0.1) is 5.41 Å². The van der Waals surface area contributed by atoms with Gasteiger partial charge in [-0.1, -0.05) is 19.3 Å². The first-order valence-corrected chi connectivity index (χ1v) is 10.3. The average molecular weight is 375 g/mol. The van der Waals surface area contributed by atoms with E-state index in [4.69, 9.17) is 0 Å². The zero-order valence-electron chi connectivity index (χ0n) is 14.2. The summed E-state index contributed by atoms with van der Waals surface area (Å²) in [6.07, 6.45) is 6.01. The lowest BCUT2D eigenvalue weighted by atomic mass is 9.90. The van der Waals surface area contributed by atoms with E-state index in [1.54, 1.807) is 0 Å². The van der Waals surface area contributed by atoms with Crippen molar-refractivity contribution >= 4 is 10.8 Å². The quantitative estimate of drug-likeness (QED) is 0.756. The molecular formula is C17H24F3N3OS. The summed E-state index contributed by atoms with van der Waals surface area (Å²) < 4.78 is 46.3. The third kappa shape index (κ3) is 4.78. The number of hydrogen-bond acceptors (Lipinski definition) is 4. The van der Waals surface area contributed by atoms with E-state index in [0.29, 0.717) is 5.41 Å². The van der Waals surface area contributed by atoms with E-state index in [2.05, 4.69) is 14.9 Å². The molecule has 0 bridgehead atoms. The number of rotatable bonds is 1. The molecule has 25 heavy (non-hydrogen) atoms. The van der Waals surface area contributed by atoms with Crippen LogP contribution in [0.4, 0.5) is 13.2 Å². The molecule has 1 aromatic rings. The van der Waals surface area contributed by atoms with Crippen LogP contribution in [0.15, 0.2) is 18.6 Å². The summed E-state index contributed by atoms with van der Waals surface area (Å²) in [6, 6.07) is 1.69. The molecule has 0 amide bonds. The highest BCUT2D eigenvalue weighted by atomic mass is 32.2. The van der Waals surface area contributed by atoms with Crippen LogP contribution in [0.1, 0.15) is 44.2 Å². The van der Waals surface area contributed by atoms with Crippen molar-refractivity contribution in [3.8, 4) is 0 Å². The molecule has 2 saturated heterocycles. The standard InChI is InChI=1S/C12H21NOS.C5H3F3N2/c14-15-9-12(10-15)6-7-13(8-12)11-4-2-1-3-5-11;6-5(7,8)4-1-2-9-3-10-4/h11H,1-10H2;1-3H. The highest BCUT2D eigenvalue weighted by Crippen LogP contribution is 2.41. The minimum Gasteiger partial charge on any atom is -0.300 e. The van der Waals surface area contributed by atoms with Crippen molar-refractivity contribution in [3.05, 3.63) is 24.3 Å². The molecule has 3 aliphatic rings. The molecule has 0 N–H and O–H groups in total. The summed E-state index contributed by atoms with van der Waals surface area (Å²) in [6.45, 7) is 2.53. The molecule has 1 aromatic heterocycles. The lowest BCUT2D eigenvalue weighted by Crippen LogP contribution is -2.48. The van der Waals surface area contributed by atoms with E-state index in [1.165, 1.54) is 51.6 Å². The Morgan fingerprint density at radius 1 is 1.20 bits per heavy atom. The highest BCUT2D eigenvalue weighted by molar-refractivity contribution is 7.86. The Balaban J connectivity index is 0.000000160. The Morgan fingerprint density at radius 2 is 1.92 bits per heavy atom. The largest absolute Gasteiger partial charge is 0.433 e. The summed E-state index contributed by atoms with van der Waals surface area (Å²) in [4.78, 5) is 9.07. The van der Waals surface area contributed by atoms with Crippen molar-refractivity contribution in [2.45, 2.75) is 50.7 Å². The van der Waals surface area contributed by atoms with Crippen molar-refractivity contribution in [3.63, 3.8) is 0 Å². The van der Waals surface area contributed by atoms with Gasteiger partial charge in [0.25, 0.3) is 0 Å². The Morgan fingerprint density at radius 3 is 2.44 bits per heavy atom. The molecule has 0 radical (unpaired) electrons. The summed E-state index contributed by atoms with van der Waals surface area (Å²) in [5.41, 5.74) is -0.426. The van der Waals surface area contributed by atoms with Crippen LogP contribution in [-0.4, -0.2) is 49.7 Å². The van der Waals surface area contributed by atoms with Gasteiger partial charge in [0.1, 0.15) is 12.0 Å². The molecule has 3 heterocycles. The predicted molar refractivity (Wildman–Crippen MR) is 90.4 cm³/mol. The second-order valence-electron chi connectivity index (χ2n) is 7.33. The lowest BCUT2D eigenvalue weighted by Gasteiger charge is -2.39. The van der Waals surface area contributed by atoms with E-state index in [9.17, 15) is 17.4 Å². The Labute approximate surface area is 148 Å². The first-order chi connectivity index (χ1) is 11.9. The van der Waals surface area contributed by atoms with Gasteiger partial charge in [-0.05, 0) is 31.9 Å². The van der Waals surface area contributed by atoms with Gasteiger partial charge in [-0.3, -0.25) is 9.11 Å². The van der Waals surface area contributed by atoms with Crippen LogP contribution in [0.5, 0.6) is 0 Å². The summed E-state index contributed by atoms with van der Waals surface area (Å²) in [7, 11) is -0.468. The summed E-state index contributed by atoms with van der Waals surface area (Å²) >= 11 is 0. The molecule has 140 valence electrons. The normalized spacial score (nSPS) is 30.6. The zero-order valence-corrected chi connectivity index (χ0v) is 15.0. The van der Waals surface area contributed by atoms with Gasteiger partial charge in [-0.2, -0.15) is 13.2 Å². The fourth-order valence-corrected chi connectivity index (χ4v) is 5.82. The Bertz CT molecular complexity index is 583. The zero-order chi connectivity index (χ0) is 17.9. The fraction of sp³-hybridized carbons (Fsp3) is 0.765. The maximum Gasteiger partial charge on any atom is 0.433 e. The van der Waals surface area contributed by atoms with Crippen molar-refractivity contribution in [1.82, 2.24) is 14.9 Å². The molecule has 0 atom stereocenters. The van der Waals surface area contributed by atoms with Gasteiger partial charge in [0.15, 0.2) is 0 Å². The number of alkyl halides is 3. The summed E-state index contributed by atoms with van der Waals surface area (Å²) in [5.74, 6) is 1.99. The second-order valence-corrected chi connectivity index (χ2v) is 8.79. The third-order valence-corrected chi connectivity index (χ3v) is 7.23. The van der Waals surface area contributed by atoms with Crippen molar-refractivity contribution in [2.75, 3.05) is 24.6 Å². The molecule has 3 fully saturated rings. The number of hydrogen-bond donors (Lipinski definition) is 0. The van der Waals surface area contributed by atoms with Crippen LogP contribution in [0.2, 0.25) is 0 Å². The average Bonchev–Trinajstić information content (AvgIpc) is 3.01. The smallest absolute Gasteiger partial charge is 0.300 e. The van der Waals surface area contributed by atoms with Gasteiger partial charge < -0.3 is 0 Å². The molecule has 4 nitrogen and oxygen atoms in total. The van der Waals surface area contributed by atoms with Crippen molar-refractivity contribution in [2.24, 2.45) is 5.41 Å². The van der Waals surface area contributed by atoms with Gasteiger partial charge in [-0.15, -0.1) is 0 Å². The van der Waals surface area contributed by atoms with E-state index in [0.717, 1.165) is 36.1 Å². The third-order valence-electron chi connectivity index (χ3n) is 5.37. The van der Waals surface area contributed by atoms with Crippen LogP contribution >= 0.6 is 0 Å². The fourth-order valence-electron chi connectivity index (χ4n) is 4.06. The van der Waals surface area contributed by atoms with Crippen molar-refractivity contribution < 1.29 is 17.4 Å². The van der Waals surface area contributed by atoms with Crippen LogP contribution < -0.4 is 0 Å². The molecule has 0 aromatic carbocycles. The SMILES string of the molecule is FC(F)(F)c1ccncn1.O=S1CC2(CCN(C3CCCCC3)C2)C1. The number of nitrogens with zero attached hydrogens (tertiary/aromatic N) is 3. The van der Waals surface area contributed by atoms with E-state index in [-0.39, 0.29) is 0 Å². The minimum atomic E-state index is -4.36. The van der Waals surface area contributed by atoms with Gasteiger partial charge >= 0.3 is 6.18 Å². The van der Waals surface area contributed by atoms with Crippen LogP contribution in [0.3, 0.4) is 0 Å². The number of aromatic nitrogens is 2.